The van der Waals surface area contributed by atoms with E-state index >= 15 is 0 Å². The van der Waals surface area contributed by atoms with E-state index in [4.69, 9.17) is 0 Å². The zero-order valence-electron chi connectivity index (χ0n) is 10.5. The molecule has 1 amide bonds. The Morgan fingerprint density at radius 2 is 2.37 bits per heavy atom. The minimum Gasteiger partial charge on any atom is -0.339 e. The van der Waals surface area contributed by atoms with Gasteiger partial charge in [0.1, 0.15) is 6.04 Å². The molecule has 0 radical (unpaired) electrons. The predicted molar refractivity (Wildman–Crippen MR) is 68.0 cm³/mol. The number of fused-ring (bicyclic) bond motifs is 1. The van der Waals surface area contributed by atoms with Crippen LogP contribution in [-0.4, -0.2) is 21.2 Å². The van der Waals surface area contributed by atoms with Gasteiger partial charge in [-0.1, -0.05) is 0 Å². The number of hydrogen-bond donors (Lipinski definition) is 1. The van der Waals surface area contributed by atoms with Crippen molar-refractivity contribution < 1.29 is 4.79 Å². The third-order valence-corrected chi connectivity index (χ3v) is 3.46. The maximum absolute atomic E-state index is 10.6. The van der Waals surface area contributed by atoms with Crippen LogP contribution >= 0.6 is 0 Å². The second kappa shape index (κ2) is 4.35. The Labute approximate surface area is 110 Å². The number of aromatic nitrogens is 3. The summed E-state index contributed by atoms with van der Waals surface area (Å²) in [5.41, 5.74) is 2.64. The summed E-state index contributed by atoms with van der Waals surface area (Å²) < 4.78 is 1.79. The second-order valence-electron chi connectivity index (χ2n) is 4.75. The summed E-state index contributed by atoms with van der Waals surface area (Å²) >= 11 is 0. The number of amides is 1. The van der Waals surface area contributed by atoms with E-state index in [2.05, 4.69) is 21.5 Å². The molecule has 0 bridgehead atoms. The average Bonchev–Trinajstić information content (AvgIpc) is 3.21. The number of carbonyl (C=O) groups excluding carboxylic acids is 1. The topological polar surface area (TPSA) is 83.6 Å². The van der Waals surface area contributed by atoms with E-state index < -0.39 is 6.04 Å². The molecule has 2 aromatic rings. The molecule has 6 heteroatoms. The highest BCUT2D eigenvalue weighted by molar-refractivity contribution is 5.86. The largest absolute Gasteiger partial charge is 0.339 e. The van der Waals surface area contributed by atoms with Crippen LogP contribution in [0.5, 0.6) is 0 Å². The first-order valence-corrected chi connectivity index (χ1v) is 6.16. The molecule has 3 rings (SSSR count). The van der Waals surface area contributed by atoms with Crippen LogP contribution in [0.3, 0.4) is 0 Å². The molecular formula is C13H13N5O. The van der Waals surface area contributed by atoms with Crippen LogP contribution < -0.4 is 5.32 Å². The normalized spacial score (nSPS) is 16.0. The van der Waals surface area contributed by atoms with Crippen molar-refractivity contribution >= 4 is 17.3 Å². The summed E-state index contributed by atoms with van der Waals surface area (Å²) in [5.74, 6) is 0.473. The zero-order chi connectivity index (χ0) is 13.4. The lowest BCUT2D eigenvalue weighted by atomic mass is 10.0. The van der Waals surface area contributed by atoms with E-state index in [9.17, 15) is 10.1 Å². The van der Waals surface area contributed by atoms with Gasteiger partial charge in [-0.3, -0.25) is 14.5 Å². The van der Waals surface area contributed by atoms with E-state index in [1.807, 2.05) is 7.05 Å². The monoisotopic (exact) mass is 255 g/mol. The number of aryl methyl sites for hydroxylation is 1. The van der Waals surface area contributed by atoms with Crippen LogP contribution in [0.15, 0.2) is 12.4 Å². The molecule has 1 saturated carbocycles. The van der Waals surface area contributed by atoms with Crippen molar-refractivity contribution in [3.8, 4) is 6.07 Å². The van der Waals surface area contributed by atoms with E-state index in [1.165, 1.54) is 0 Å². The summed E-state index contributed by atoms with van der Waals surface area (Å²) in [4.78, 5) is 14.8. The Hall–Kier alpha value is -2.42. The minimum absolute atomic E-state index is 0.473. The van der Waals surface area contributed by atoms with Gasteiger partial charge in [-0.2, -0.15) is 10.4 Å². The zero-order valence-corrected chi connectivity index (χ0v) is 10.5. The molecule has 1 fully saturated rings. The van der Waals surface area contributed by atoms with Crippen LogP contribution in [0, 0.1) is 11.3 Å². The predicted octanol–water partition coefficient (Wildman–Crippen LogP) is 1.16. The summed E-state index contributed by atoms with van der Waals surface area (Å²) in [5, 5.41) is 17.2. The Balaban J connectivity index is 2.23. The SMILES string of the molecule is Cn1nc(C2CC2)c2c(C(C#N)NC=O)cncc21. The molecule has 6 nitrogen and oxygen atoms in total. The average molecular weight is 255 g/mol. The second-order valence-corrected chi connectivity index (χ2v) is 4.75. The molecule has 0 spiro atoms. The smallest absolute Gasteiger partial charge is 0.208 e. The molecule has 0 aliphatic heterocycles. The quantitative estimate of drug-likeness (QED) is 0.831. The Bertz CT molecular complexity index is 680. The van der Waals surface area contributed by atoms with E-state index in [-0.39, 0.29) is 0 Å². The molecule has 19 heavy (non-hydrogen) atoms. The number of nitrogens with one attached hydrogen (secondary N) is 1. The standard InChI is InChI=1S/C13H13N5O/c1-18-11-6-15-5-9(10(4-14)16-7-19)12(11)13(17-18)8-2-3-8/h5-8,10H,2-3H2,1H3,(H,16,19). The molecule has 1 N–H and O–H groups in total. The lowest BCUT2D eigenvalue weighted by molar-refractivity contribution is -0.109. The Morgan fingerprint density at radius 1 is 1.58 bits per heavy atom. The molecule has 0 aromatic carbocycles. The van der Waals surface area contributed by atoms with Gasteiger partial charge in [-0.25, -0.2) is 0 Å². The highest BCUT2D eigenvalue weighted by Gasteiger charge is 2.31. The number of rotatable bonds is 4. The molecule has 96 valence electrons. The first-order valence-electron chi connectivity index (χ1n) is 6.16. The molecule has 1 atom stereocenters. The number of nitrogens with zero attached hydrogens (tertiary/aromatic N) is 4. The van der Waals surface area contributed by atoms with Gasteiger partial charge < -0.3 is 5.32 Å². The van der Waals surface area contributed by atoms with Crippen molar-refractivity contribution in [3.63, 3.8) is 0 Å². The Morgan fingerprint density at radius 3 is 3.00 bits per heavy atom. The molecule has 1 aliphatic carbocycles. The van der Waals surface area contributed by atoms with Crippen LogP contribution in [0.25, 0.3) is 10.9 Å². The summed E-state index contributed by atoms with van der Waals surface area (Å²) in [6, 6.07) is 1.40. The molecule has 1 unspecified atom stereocenters. The van der Waals surface area contributed by atoms with Crippen LogP contribution in [0.2, 0.25) is 0 Å². The van der Waals surface area contributed by atoms with Crippen LogP contribution in [-0.2, 0) is 11.8 Å². The maximum Gasteiger partial charge on any atom is 0.208 e. The minimum atomic E-state index is -0.685. The summed E-state index contributed by atoms with van der Waals surface area (Å²) in [7, 11) is 1.87. The van der Waals surface area contributed by atoms with Crippen molar-refractivity contribution in [3.05, 3.63) is 23.7 Å². The maximum atomic E-state index is 10.6. The van der Waals surface area contributed by atoms with E-state index in [0.717, 1.165) is 35.0 Å². The molecule has 0 saturated heterocycles. The fourth-order valence-corrected chi connectivity index (χ4v) is 2.38. The fourth-order valence-electron chi connectivity index (χ4n) is 2.38. The molecule has 2 aromatic heterocycles. The molecule has 1 aliphatic rings. The number of carbonyl (C=O) groups is 1. The van der Waals surface area contributed by atoms with Crippen LogP contribution in [0.4, 0.5) is 0 Å². The Kier molecular flexibility index (Phi) is 2.67. The summed E-state index contributed by atoms with van der Waals surface area (Å²) in [6.07, 6.45) is 6.19. The molecule has 2 heterocycles. The molecular weight excluding hydrogens is 242 g/mol. The third-order valence-electron chi connectivity index (χ3n) is 3.46. The first-order chi connectivity index (χ1) is 9.26. The van der Waals surface area contributed by atoms with Crippen molar-refractivity contribution in [1.29, 1.82) is 5.26 Å². The van der Waals surface area contributed by atoms with E-state index in [0.29, 0.717) is 12.3 Å². The number of hydrogen-bond acceptors (Lipinski definition) is 4. The van der Waals surface area contributed by atoms with Crippen LogP contribution in [0.1, 0.15) is 36.1 Å². The van der Waals surface area contributed by atoms with Crippen molar-refractivity contribution in [1.82, 2.24) is 20.1 Å². The van der Waals surface area contributed by atoms with Gasteiger partial charge >= 0.3 is 0 Å². The number of nitriles is 1. The van der Waals surface area contributed by atoms with E-state index in [1.54, 1.807) is 17.1 Å². The third kappa shape index (κ3) is 1.83. The lowest BCUT2D eigenvalue weighted by Crippen LogP contribution is -2.18. The number of pyridine rings is 1. The summed E-state index contributed by atoms with van der Waals surface area (Å²) in [6.45, 7) is 0. The van der Waals surface area contributed by atoms with Gasteiger partial charge in [0.05, 0.1) is 23.5 Å². The highest BCUT2D eigenvalue weighted by Crippen LogP contribution is 2.43. The van der Waals surface area contributed by atoms with Crippen molar-refractivity contribution in [2.45, 2.75) is 24.8 Å². The van der Waals surface area contributed by atoms with Gasteiger partial charge in [-0.05, 0) is 12.8 Å². The van der Waals surface area contributed by atoms with Crippen molar-refractivity contribution in [2.24, 2.45) is 7.05 Å². The van der Waals surface area contributed by atoms with Gasteiger partial charge in [0.2, 0.25) is 6.41 Å². The van der Waals surface area contributed by atoms with Gasteiger partial charge in [-0.15, -0.1) is 0 Å². The fraction of sp³-hybridized carbons (Fsp3) is 0.385. The van der Waals surface area contributed by atoms with Crippen molar-refractivity contribution in [2.75, 3.05) is 0 Å². The highest BCUT2D eigenvalue weighted by atomic mass is 16.1. The van der Waals surface area contributed by atoms with Gasteiger partial charge in [0, 0.05) is 30.1 Å². The lowest BCUT2D eigenvalue weighted by Gasteiger charge is -2.09. The van der Waals surface area contributed by atoms with Gasteiger partial charge in [0.15, 0.2) is 0 Å². The van der Waals surface area contributed by atoms with Gasteiger partial charge in [0.25, 0.3) is 0 Å². The first kappa shape index (κ1) is 11.7.